The zero-order valence-corrected chi connectivity index (χ0v) is 10.7. The van der Waals surface area contributed by atoms with Crippen molar-refractivity contribution in [1.82, 2.24) is 10.3 Å². The first kappa shape index (κ1) is 13.0. The van der Waals surface area contributed by atoms with Gasteiger partial charge in [0.1, 0.15) is 11.1 Å². The smallest absolute Gasteiger partial charge is 0.355 e. The average Bonchev–Trinajstić information content (AvgIpc) is 3.00. The van der Waals surface area contributed by atoms with Crippen molar-refractivity contribution < 1.29 is 19.4 Å². The molecule has 0 spiro atoms. The van der Waals surface area contributed by atoms with Crippen LogP contribution in [0.15, 0.2) is 5.38 Å². The molecule has 18 heavy (non-hydrogen) atoms. The van der Waals surface area contributed by atoms with Gasteiger partial charge in [-0.1, -0.05) is 0 Å². The lowest BCUT2D eigenvalue weighted by Gasteiger charge is -2.14. The second-order valence-electron chi connectivity index (χ2n) is 4.11. The number of hydrogen-bond donors (Lipinski definition) is 2. The van der Waals surface area contributed by atoms with E-state index >= 15 is 0 Å². The Labute approximate surface area is 108 Å². The van der Waals surface area contributed by atoms with Crippen molar-refractivity contribution in [2.24, 2.45) is 0 Å². The first-order chi connectivity index (χ1) is 8.58. The van der Waals surface area contributed by atoms with Gasteiger partial charge in [-0.05, 0) is 19.8 Å². The van der Waals surface area contributed by atoms with Crippen LogP contribution in [0.4, 0.5) is 0 Å². The molecule has 1 aromatic rings. The lowest BCUT2D eigenvalue weighted by atomic mass is 10.2. The third kappa shape index (κ3) is 2.85. The molecular formula is C11H14N2O4S. The van der Waals surface area contributed by atoms with Crippen molar-refractivity contribution >= 4 is 23.2 Å². The first-order valence-corrected chi connectivity index (χ1v) is 6.56. The van der Waals surface area contributed by atoms with Crippen LogP contribution in [-0.2, 0) is 9.53 Å². The highest BCUT2D eigenvalue weighted by Crippen LogP contribution is 2.19. The Bertz CT molecular complexity index is 454. The van der Waals surface area contributed by atoms with Gasteiger partial charge in [0.05, 0.1) is 6.04 Å². The minimum atomic E-state index is -1.06. The Morgan fingerprint density at radius 3 is 3.00 bits per heavy atom. The average molecular weight is 270 g/mol. The minimum Gasteiger partial charge on any atom is -0.476 e. The van der Waals surface area contributed by atoms with Gasteiger partial charge in [0.25, 0.3) is 0 Å². The molecule has 1 aliphatic rings. The predicted molar refractivity (Wildman–Crippen MR) is 64.6 cm³/mol. The number of ether oxygens (including phenoxy) is 1. The third-order valence-corrected chi connectivity index (χ3v) is 3.72. The maximum absolute atomic E-state index is 11.8. The standard InChI is InChI=1S/C11H14N2O4S/c1-6(10-13-7(5-18-10)11(15)16)12-9(14)8-3-2-4-17-8/h5-6,8H,2-4H2,1H3,(H,12,14)(H,15,16)/t6?,8-/m1/s1. The zero-order valence-electron chi connectivity index (χ0n) is 9.88. The molecule has 1 aromatic heterocycles. The van der Waals surface area contributed by atoms with E-state index in [4.69, 9.17) is 9.84 Å². The number of hydrogen-bond acceptors (Lipinski definition) is 5. The van der Waals surface area contributed by atoms with Crippen LogP contribution in [0.2, 0.25) is 0 Å². The fourth-order valence-electron chi connectivity index (χ4n) is 1.74. The van der Waals surface area contributed by atoms with Gasteiger partial charge in [0, 0.05) is 12.0 Å². The number of aromatic carboxylic acids is 1. The molecule has 98 valence electrons. The molecule has 1 fully saturated rings. The Hall–Kier alpha value is -1.47. The van der Waals surface area contributed by atoms with E-state index in [0.29, 0.717) is 11.6 Å². The molecule has 1 saturated heterocycles. The zero-order chi connectivity index (χ0) is 13.1. The van der Waals surface area contributed by atoms with Gasteiger partial charge in [0.2, 0.25) is 5.91 Å². The van der Waals surface area contributed by atoms with Crippen LogP contribution in [0, 0.1) is 0 Å². The van der Waals surface area contributed by atoms with Gasteiger partial charge in [-0.3, -0.25) is 4.79 Å². The summed E-state index contributed by atoms with van der Waals surface area (Å²) in [4.78, 5) is 26.5. The van der Waals surface area contributed by atoms with Crippen LogP contribution in [0.5, 0.6) is 0 Å². The normalized spacial score (nSPS) is 20.6. The van der Waals surface area contributed by atoms with Gasteiger partial charge in [0.15, 0.2) is 5.69 Å². The Balaban J connectivity index is 1.95. The molecule has 0 bridgehead atoms. The fraction of sp³-hybridized carbons (Fsp3) is 0.545. The monoisotopic (exact) mass is 270 g/mol. The molecular weight excluding hydrogens is 256 g/mol. The van der Waals surface area contributed by atoms with E-state index in [2.05, 4.69) is 10.3 Å². The topological polar surface area (TPSA) is 88.5 Å². The van der Waals surface area contributed by atoms with Crippen LogP contribution in [0.1, 0.15) is 41.3 Å². The summed E-state index contributed by atoms with van der Waals surface area (Å²) < 4.78 is 5.27. The maximum atomic E-state index is 11.8. The van der Waals surface area contributed by atoms with E-state index in [0.717, 1.165) is 12.8 Å². The lowest BCUT2D eigenvalue weighted by molar-refractivity contribution is -0.130. The van der Waals surface area contributed by atoms with Gasteiger partial charge >= 0.3 is 5.97 Å². The largest absolute Gasteiger partial charge is 0.476 e. The highest BCUT2D eigenvalue weighted by molar-refractivity contribution is 7.09. The van der Waals surface area contributed by atoms with Gasteiger partial charge in [-0.25, -0.2) is 9.78 Å². The van der Waals surface area contributed by atoms with Crippen molar-refractivity contribution in [3.8, 4) is 0 Å². The van der Waals surface area contributed by atoms with Gasteiger partial charge in [-0.15, -0.1) is 11.3 Å². The third-order valence-electron chi connectivity index (χ3n) is 2.69. The Kier molecular flexibility index (Phi) is 3.93. The molecule has 1 aliphatic heterocycles. The quantitative estimate of drug-likeness (QED) is 0.858. The molecule has 0 aliphatic carbocycles. The Morgan fingerprint density at radius 2 is 2.44 bits per heavy atom. The van der Waals surface area contributed by atoms with E-state index in [9.17, 15) is 9.59 Å². The summed E-state index contributed by atoms with van der Waals surface area (Å²) in [6, 6.07) is -0.306. The van der Waals surface area contributed by atoms with Crippen LogP contribution in [0.25, 0.3) is 0 Å². The van der Waals surface area contributed by atoms with E-state index < -0.39 is 5.97 Å². The number of amides is 1. The molecule has 7 heteroatoms. The summed E-state index contributed by atoms with van der Waals surface area (Å²) in [5, 5.41) is 13.6. The molecule has 0 aromatic carbocycles. The number of rotatable bonds is 4. The predicted octanol–water partition coefficient (Wildman–Crippen LogP) is 1.20. The molecule has 0 radical (unpaired) electrons. The van der Waals surface area contributed by atoms with Crippen LogP contribution in [0.3, 0.4) is 0 Å². The second kappa shape index (κ2) is 5.45. The van der Waals surface area contributed by atoms with Crippen LogP contribution < -0.4 is 5.32 Å². The number of thiazole rings is 1. The first-order valence-electron chi connectivity index (χ1n) is 5.68. The number of carboxylic acid groups (broad SMARTS) is 1. The summed E-state index contributed by atoms with van der Waals surface area (Å²) in [6.07, 6.45) is 1.25. The number of carbonyl (C=O) groups excluding carboxylic acids is 1. The molecule has 2 N–H and O–H groups in total. The number of aromatic nitrogens is 1. The van der Waals surface area contributed by atoms with E-state index in [1.54, 1.807) is 6.92 Å². The van der Waals surface area contributed by atoms with Crippen LogP contribution in [-0.4, -0.2) is 34.7 Å². The molecule has 1 amide bonds. The van der Waals surface area contributed by atoms with Crippen molar-refractivity contribution in [2.75, 3.05) is 6.61 Å². The van der Waals surface area contributed by atoms with Crippen molar-refractivity contribution in [2.45, 2.75) is 31.9 Å². The van der Waals surface area contributed by atoms with Crippen molar-refractivity contribution in [1.29, 1.82) is 0 Å². The summed E-state index contributed by atoms with van der Waals surface area (Å²) >= 11 is 1.22. The van der Waals surface area contributed by atoms with Crippen molar-refractivity contribution in [3.05, 3.63) is 16.1 Å². The number of nitrogens with one attached hydrogen (secondary N) is 1. The lowest BCUT2D eigenvalue weighted by Crippen LogP contribution is -2.35. The molecule has 2 atom stereocenters. The minimum absolute atomic E-state index is 0.00761. The van der Waals surface area contributed by atoms with E-state index in [1.807, 2.05) is 0 Å². The number of carboxylic acids is 1. The second-order valence-corrected chi connectivity index (χ2v) is 5.00. The molecule has 1 unspecified atom stereocenters. The van der Waals surface area contributed by atoms with Gasteiger partial charge < -0.3 is 15.2 Å². The van der Waals surface area contributed by atoms with E-state index in [-0.39, 0.29) is 23.7 Å². The SMILES string of the molecule is CC(NC(=O)[C@H]1CCCO1)c1nc(C(=O)O)cs1. The molecule has 0 saturated carbocycles. The highest BCUT2D eigenvalue weighted by Gasteiger charge is 2.25. The summed E-state index contributed by atoms with van der Waals surface area (Å²) in [7, 11) is 0. The summed E-state index contributed by atoms with van der Waals surface area (Å²) in [5.41, 5.74) is 0.00761. The van der Waals surface area contributed by atoms with Gasteiger partial charge in [-0.2, -0.15) is 0 Å². The Morgan fingerprint density at radius 1 is 1.67 bits per heavy atom. The number of carbonyl (C=O) groups is 2. The summed E-state index contributed by atoms with van der Waals surface area (Å²) in [6.45, 7) is 2.39. The van der Waals surface area contributed by atoms with E-state index in [1.165, 1.54) is 16.7 Å². The maximum Gasteiger partial charge on any atom is 0.355 e. The highest BCUT2D eigenvalue weighted by atomic mass is 32.1. The summed E-state index contributed by atoms with van der Waals surface area (Å²) in [5.74, 6) is -1.22. The molecule has 6 nitrogen and oxygen atoms in total. The fourth-order valence-corrected chi connectivity index (χ4v) is 2.54. The number of nitrogens with zero attached hydrogens (tertiary/aromatic N) is 1. The van der Waals surface area contributed by atoms with Crippen molar-refractivity contribution in [3.63, 3.8) is 0 Å². The van der Waals surface area contributed by atoms with Crippen LogP contribution >= 0.6 is 11.3 Å². The molecule has 2 heterocycles. The molecule has 2 rings (SSSR count).